The maximum atomic E-state index is 6.29. The van der Waals surface area contributed by atoms with Gasteiger partial charge in [0.1, 0.15) is 11.5 Å². The lowest BCUT2D eigenvalue weighted by Gasteiger charge is -2.20. The van der Waals surface area contributed by atoms with Crippen molar-refractivity contribution in [2.45, 2.75) is 39.2 Å². The van der Waals surface area contributed by atoms with Crippen LogP contribution in [-0.2, 0) is 0 Å². The van der Waals surface area contributed by atoms with Gasteiger partial charge >= 0.3 is 0 Å². The normalized spacial score (nSPS) is 12.6. The lowest BCUT2D eigenvalue weighted by Crippen LogP contribution is -2.16. The first kappa shape index (κ1) is 14.8. The van der Waals surface area contributed by atoms with Crippen LogP contribution in [0.5, 0.6) is 11.5 Å². The molecule has 0 aromatic heterocycles. The van der Waals surface area contributed by atoms with E-state index in [-0.39, 0.29) is 6.04 Å². The molecule has 0 saturated carbocycles. The Morgan fingerprint density at radius 3 is 2.28 bits per heavy atom. The maximum absolute atomic E-state index is 6.29. The lowest BCUT2D eigenvalue weighted by molar-refractivity contribution is 0.375. The Morgan fingerprint density at radius 2 is 1.78 bits per heavy atom. The van der Waals surface area contributed by atoms with Gasteiger partial charge in [0, 0.05) is 17.7 Å². The van der Waals surface area contributed by atoms with E-state index in [4.69, 9.17) is 15.2 Å². The first-order chi connectivity index (χ1) is 8.65. The summed E-state index contributed by atoms with van der Waals surface area (Å²) in [6.45, 7) is 4.43. The van der Waals surface area contributed by atoms with Crippen LogP contribution in [0.3, 0.4) is 0 Å². The fourth-order valence-corrected chi connectivity index (χ4v) is 2.23. The molecule has 3 heteroatoms. The first-order valence-electron chi connectivity index (χ1n) is 6.63. The van der Waals surface area contributed by atoms with E-state index in [0.29, 0.717) is 5.92 Å². The summed E-state index contributed by atoms with van der Waals surface area (Å²) >= 11 is 0. The average Bonchev–Trinajstić information content (AvgIpc) is 2.43. The minimum atomic E-state index is 0.0238. The van der Waals surface area contributed by atoms with Crippen LogP contribution in [0.4, 0.5) is 0 Å². The van der Waals surface area contributed by atoms with E-state index in [1.807, 2.05) is 18.2 Å². The molecule has 1 unspecified atom stereocenters. The summed E-state index contributed by atoms with van der Waals surface area (Å²) in [6.07, 6.45) is 3.33. The van der Waals surface area contributed by atoms with E-state index in [9.17, 15) is 0 Å². The second kappa shape index (κ2) is 7.27. The summed E-state index contributed by atoms with van der Waals surface area (Å²) in [7, 11) is 3.32. The molecule has 0 aliphatic rings. The minimum Gasteiger partial charge on any atom is -0.497 e. The van der Waals surface area contributed by atoms with Crippen molar-refractivity contribution in [3.8, 4) is 11.5 Å². The van der Waals surface area contributed by atoms with Crippen molar-refractivity contribution in [3.05, 3.63) is 23.8 Å². The number of hydrogen-bond donors (Lipinski definition) is 1. The van der Waals surface area contributed by atoms with Crippen LogP contribution in [-0.4, -0.2) is 14.2 Å². The number of rotatable bonds is 7. The zero-order chi connectivity index (χ0) is 13.5. The Bertz CT molecular complexity index is 362. The SMILES string of the molecule is CCC(CC)CC(N)c1ccc(OC)cc1OC. The van der Waals surface area contributed by atoms with Crippen molar-refractivity contribution >= 4 is 0 Å². The molecule has 0 spiro atoms. The van der Waals surface area contributed by atoms with Crippen LogP contribution >= 0.6 is 0 Å². The van der Waals surface area contributed by atoms with Crippen LogP contribution in [0.1, 0.15) is 44.7 Å². The summed E-state index contributed by atoms with van der Waals surface area (Å²) < 4.78 is 10.6. The second-order valence-corrected chi connectivity index (χ2v) is 4.63. The summed E-state index contributed by atoms with van der Waals surface area (Å²) in [6, 6.07) is 5.85. The van der Waals surface area contributed by atoms with Gasteiger partial charge in [-0.3, -0.25) is 0 Å². The molecule has 2 N–H and O–H groups in total. The van der Waals surface area contributed by atoms with Crippen LogP contribution in [0.25, 0.3) is 0 Å². The van der Waals surface area contributed by atoms with Crippen LogP contribution in [0.2, 0.25) is 0 Å². The fraction of sp³-hybridized carbons (Fsp3) is 0.600. The number of hydrogen-bond acceptors (Lipinski definition) is 3. The molecule has 1 atom stereocenters. The summed E-state index contributed by atoms with van der Waals surface area (Å²) in [5.41, 5.74) is 7.35. The lowest BCUT2D eigenvalue weighted by atomic mass is 9.91. The summed E-state index contributed by atoms with van der Waals surface area (Å²) in [4.78, 5) is 0. The number of ether oxygens (including phenoxy) is 2. The fourth-order valence-electron chi connectivity index (χ4n) is 2.23. The molecular formula is C15H25NO2. The van der Waals surface area contributed by atoms with Gasteiger partial charge in [-0.05, 0) is 18.4 Å². The molecule has 0 fully saturated rings. The van der Waals surface area contributed by atoms with E-state index in [1.54, 1.807) is 14.2 Å². The van der Waals surface area contributed by atoms with Crippen LogP contribution in [0, 0.1) is 5.92 Å². The molecule has 0 aliphatic carbocycles. The Kier molecular flexibility index (Phi) is 5.99. The smallest absolute Gasteiger partial charge is 0.127 e. The molecule has 0 heterocycles. The zero-order valence-corrected chi connectivity index (χ0v) is 11.9. The van der Waals surface area contributed by atoms with Crippen molar-refractivity contribution in [1.29, 1.82) is 0 Å². The molecule has 0 amide bonds. The molecule has 3 nitrogen and oxygen atoms in total. The van der Waals surface area contributed by atoms with Crippen molar-refractivity contribution < 1.29 is 9.47 Å². The van der Waals surface area contributed by atoms with Crippen molar-refractivity contribution in [1.82, 2.24) is 0 Å². The zero-order valence-electron chi connectivity index (χ0n) is 11.9. The molecular weight excluding hydrogens is 226 g/mol. The number of benzene rings is 1. The van der Waals surface area contributed by atoms with Gasteiger partial charge in [0.15, 0.2) is 0 Å². The van der Waals surface area contributed by atoms with E-state index in [2.05, 4.69) is 13.8 Å². The second-order valence-electron chi connectivity index (χ2n) is 4.63. The van der Waals surface area contributed by atoms with Gasteiger partial charge in [0.05, 0.1) is 14.2 Å². The maximum Gasteiger partial charge on any atom is 0.127 e. The Balaban J connectivity index is 2.87. The highest BCUT2D eigenvalue weighted by molar-refractivity contribution is 5.42. The molecule has 1 aromatic rings. The first-order valence-corrected chi connectivity index (χ1v) is 6.63. The standard InChI is InChI=1S/C15H25NO2/c1-5-11(6-2)9-14(16)13-8-7-12(17-3)10-15(13)18-4/h7-8,10-11,14H,5-6,9,16H2,1-4H3. The topological polar surface area (TPSA) is 44.5 Å². The van der Waals surface area contributed by atoms with Gasteiger partial charge in [-0.1, -0.05) is 32.8 Å². The molecule has 0 radical (unpaired) electrons. The quantitative estimate of drug-likeness (QED) is 0.806. The predicted molar refractivity (Wildman–Crippen MR) is 75.2 cm³/mol. The van der Waals surface area contributed by atoms with Crippen molar-refractivity contribution in [2.75, 3.05) is 14.2 Å². The van der Waals surface area contributed by atoms with Gasteiger partial charge in [0.2, 0.25) is 0 Å². The van der Waals surface area contributed by atoms with Gasteiger partial charge < -0.3 is 15.2 Å². The van der Waals surface area contributed by atoms with Gasteiger partial charge in [-0.25, -0.2) is 0 Å². The molecule has 0 aliphatic heterocycles. The predicted octanol–water partition coefficient (Wildman–Crippen LogP) is 3.53. The molecule has 1 rings (SSSR count). The molecule has 0 bridgehead atoms. The largest absolute Gasteiger partial charge is 0.497 e. The van der Waals surface area contributed by atoms with Crippen LogP contribution in [0.15, 0.2) is 18.2 Å². The third-order valence-corrected chi connectivity index (χ3v) is 3.58. The highest BCUT2D eigenvalue weighted by Crippen LogP contribution is 2.32. The number of methoxy groups -OCH3 is 2. The summed E-state index contributed by atoms with van der Waals surface area (Å²) in [5, 5.41) is 0. The Hall–Kier alpha value is -1.22. The van der Waals surface area contributed by atoms with E-state index < -0.39 is 0 Å². The third-order valence-electron chi connectivity index (χ3n) is 3.58. The minimum absolute atomic E-state index is 0.0238. The number of nitrogens with two attached hydrogens (primary N) is 1. The Morgan fingerprint density at radius 1 is 1.11 bits per heavy atom. The summed E-state index contributed by atoms with van der Waals surface area (Å²) in [5.74, 6) is 2.28. The highest BCUT2D eigenvalue weighted by atomic mass is 16.5. The average molecular weight is 251 g/mol. The molecule has 102 valence electrons. The van der Waals surface area contributed by atoms with E-state index in [0.717, 1.165) is 23.5 Å². The highest BCUT2D eigenvalue weighted by Gasteiger charge is 2.16. The van der Waals surface area contributed by atoms with Gasteiger partial charge in [-0.2, -0.15) is 0 Å². The molecule has 0 saturated heterocycles. The van der Waals surface area contributed by atoms with E-state index in [1.165, 1.54) is 12.8 Å². The Labute approximate surface area is 110 Å². The van der Waals surface area contributed by atoms with E-state index >= 15 is 0 Å². The van der Waals surface area contributed by atoms with Gasteiger partial charge in [-0.15, -0.1) is 0 Å². The molecule has 18 heavy (non-hydrogen) atoms. The van der Waals surface area contributed by atoms with Crippen molar-refractivity contribution in [3.63, 3.8) is 0 Å². The van der Waals surface area contributed by atoms with Gasteiger partial charge in [0.25, 0.3) is 0 Å². The third kappa shape index (κ3) is 3.64. The van der Waals surface area contributed by atoms with Crippen LogP contribution < -0.4 is 15.2 Å². The molecule has 1 aromatic carbocycles. The van der Waals surface area contributed by atoms with Crippen molar-refractivity contribution in [2.24, 2.45) is 11.7 Å². The monoisotopic (exact) mass is 251 g/mol.